The predicted octanol–water partition coefficient (Wildman–Crippen LogP) is 1.47. The van der Waals surface area contributed by atoms with Crippen molar-refractivity contribution in [3.63, 3.8) is 0 Å². The summed E-state index contributed by atoms with van der Waals surface area (Å²) >= 11 is 1.42. The molecule has 2 atom stereocenters. The number of carboxylic acids is 1. The van der Waals surface area contributed by atoms with Crippen molar-refractivity contribution < 1.29 is 24.3 Å². The van der Waals surface area contributed by atoms with Crippen molar-refractivity contribution in [1.29, 1.82) is 0 Å². The maximum atomic E-state index is 12.5. The topological polar surface area (TPSA) is 87.2 Å². The van der Waals surface area contributed by atoms with Crippen molar-refractivity contribution >= 4 is 29.5 Å². The van der Waals surface area contributed by atoms with Crippen LogP contribution in [0, 0.1) is 0 Å². The van der Waals surface area contributed by atoms with Gasteiger partial charge in [0.1, 0.15) is 11.1 Å². The number of rotatable bonds is 4. The molecule has 2 heterocycles. The minimum absolute atomic E-state index is 0.00298. The second-order valence-corrected chi connectivity index (χ2v) is 6.64. The maximum absolute atomic E-state index is 12.5. The van der Waals surface area contributed by atoms with Crippen LogP contribution in [0.4, 0.5) is 0 Å². The summed E-state index contributed by atoms with van der Waals surface area (Å²) in [5.74, 6) is -1.08. The van der Waals surface area contributed by atoms with Crippen LogP contribution in [0.1, 0.15) is 13.8 Å². The molecule has 0 saturated carbocycles. The third-order valence-corrected chi connectivity index (χ3v) is 5.25. The molecule has 126 valence electrons. The molecule has 1 fully saturated rings. The van der Waals surface area contributed by atoms with E-state index in [9.17, 15) is 19.5 Å². The van der Waals surface area contributed by atoms with E-state index in [-0.39, 0.29) is 5.70 Å². The molecule has 0 aliphatic carbocycles. The van der Waals surface area contributed by atoms with E-state index in [0.717, 1.165) is 5.06 Å². The summed E-state index contributed by atoms with van der Waals surface area (Å²) < 4.78 is 0. The lowest BCUT2D eigenvalue weighted by atomic mass is 10.0. The molecule has 0 radical (unpaired) electrons. The molecule has 2 amide bonds. The number of carbonyl (C=O) groups is 3. The van der Waals surface area contributed by atoms with Crippen LogP contribution in [0.3, 0.4) is 0 Å². The lowest BCUT2D eigenvalue weighted by Crippen LogP contribution is -2.71. The molecule has 1 aromatic carbocycles. The number of thioether (sulfide) groups is 1. The fourth-order valence-electron chi connectivity index (χ4n) is 2.75. The summed E-state index contributed by atoms with van der Waals surface area (Å²) in [5.41, 5.74) is 0.636. The van der Waals surface area contributed by atoms with Crippen LogP contribution in [-0.2, 0) is 14.4 Å². The monoisotopic (exact) mass is 348 g/mol. The van der Waals surface area contributed by atoms with Gasteiger partial charge in [0.2, 0.25) is 0 Å². The van der Waals surface area contributed by atoms with Crippen LogP contribution in [0.5, 0.6) is 5.75 Å². The quantitative estimate of drug-likeness (QED) is 0.655. The molecule has 8 heteroatoms. The molecular formula is C16H16N2O5S. The minimum atomic E-state index is -1.14. The van der Waals surface area contributed by atoms with Gasteiger partial charge in [0, 0.05) is 12.7 Å². The Labute approximate surface area is 142 Å². The van der Waals surface area contributed by atoms with Crippen molar-refractivity contribution in [3.05, 3.63) is 41.6 Å². The van der Waals surface area contributed by atoms with Gasteiger partial charge in [-0.2, -0.15) is 5.06 Å². The van der Waals surface area contributed by atoms with Crippen molar-refractivity contribution in [3.8, 4) is 5.75 Å². The number of hydrogen-bond acceptors (Lipinski definition) is 5. The molecule has 1 aromatic rings. The number of carbonyl (C=O) groups excluding carboxylic acids is 2. The second-order valence-electron chi connectivity index (χ2n) is 5.54. The number of aliphatic carboxylic acids is 1. The van der Waals surface area contributed by atoms with Crippen LogP contribution < -0.4 is 4.84 Å². The van der Waals surface area contributed by atoms with Crippen LogP contribution >= 0.6 is 11.8 Å². The Morgan fingerprint density at radius 1 is 1.33 bits per heavy atom. The lowest BCUT2D eigenvalue weighted by molar-refractivity contribution is -0.187. The molecule has 1 saturated heterocycles. The second kappa shape index (κ2) is 6.20. The molecule has 0 aromatic heterocycles. The predicted molar refractivity (Wildman–Crippen MR) is 86.8 cm³/mol. The number of hydrogen-bond donors (Lipinski definition) is 1. The first kappa shape index (κ1) is 16.4. The summed E-state index contributed by atoms with van der Waals surface area (Å²) in [6, 6.07) is 7.84. The summed E-state index contributed by atoms with van der Waals surface area (Å²) in [6.45, 7) is 3.00. The third kappa shape index (κ3) is 2.62. The largest absolute Gasteiger partial charge is 0.477 e. The first-order valence-corrected chi connectivity index (χ1v) is 8.37. The summed E-state index contributed by atoms with van der Waals surface area (Å²) in [6.07, 6.45) is 0. The Bertz CT molecular complexity index is 733. The highest BCUT2D eigenvalue weighted by Gasteiger charge is 2.57. The lowest BCUT2D eigenvalue weighted by Gasteiger charge is -2.51. The molecule has 24 heavy (non-hydrogen) atoms. The molecule has 0 bridgehead atoms. The molecule has 2 aliphatic heterocycles. The van der Waals surface area contributed by atoms with Crippen molar-refractivity contribution in [2.24, 2.45) is 0 Å². The van der Waals surface area contributed by atoms with Gasteiger partial charge in [-0.3, -0.25) is 14.5 Å². The SMILES string of the molecule is CC(=O)N(Oc1ccccc1)[C@H]1C(=O)N2C(C(=O)O)=C(C)CS[C@@H]12. The Balaban J connectivity index is 1.86. The number of nitrogens with zero attached hydrogens (tertiary/aromatic N) is 2. The normalized spacial score (nSPS) is 22.6. The van der Waals surface area contributed by atoms with E-state index in [4.69, 9.17) is 4.84 Å². The number of para-hydroxylation sites is 1. The van der Waals surface area contributed by atoms with E-state index < -0.39 is 29.2 Å². The van der Waals surface area contributed by atoms with Crippen molar-refractivity contribution in [1.82, 2.24) is 9.96 Å². The average molecular weight is 348 g/mol. The highest BCUT2D eigenvalue weighted by atomic mass is 32.2. The molecule has 0 unspecified atom stereocenters. The van der Waals surface area contributed by atoms with Crippen LogP contribution in [0.25, 0.3) is 0 Å². The van der Waals surface area contributed by atoms with Gasteiger partial charge in [0.25, 0.3) is 11.8 Å². The number of carboxylic acid groups (broad SMARTS) is 1. The standard InChI is InChI=1S/C16H16N2O5S/c1-9-8-24-15-13(14(20)17(15)12(9)16(21)22)18(10(2)19)23-11-6-4-3-5-7-11/h3-7,13,15H,8H2,1-2H3,(H,21,22)/t13-,15-/m0/s1. The number of β-lactam (4-membered cyclic amide) rings is 1. The Morgan fingerprint density at radius 2 is 2.00 bits per heavy atom. The summed E-state index contributed by atoms with van der Waals surface area (Å²) in [7, 11) is 0. The fourth-order valence-corrected chi connectivity index (χ4v) is 4.08. The number of hydroxylamine groups is 2. The van der Waals surface area contributed by atoms with E-state index in [1.54, 1.807) is 31.2 Å². The highest BCUT2D eigenvalue weighted by molar-refractivity contribution is 8.00. The van der Waals surface area contributed by atoms with Crippen LogP contribution in [-0.4, -0.2) is 50.0 Å². The first-order valence-electron chi connectivity index (χ1n) is 7.32. The van der Waals surface area contributed by atoms with Gasteiger partial charge in [-0.15, -0.1) is 11.8 Å². The van der Waals surface area contributed by atoms with Crippen LogP contribution in [0.2, 0.25) is 0 Å². The highest BCUT2D eigenvalue weighted by Crippen LogP contribution is 2.42. The number of amides is 2. The van der Waals surface area contributed by atoms with Crippen molar-refractivity contribution in [2.45, 2.75) is 25.3 Å². The van der Waals surface area contributed by atoms with Gasteiger partial charge in [0.15, 0.2) is 11.8 Å². The van der Waals surface area contributed by atoms with E-state index >= 15 is 0 Å². The van der Waals surface area contributed by atoms with Gasteiger partial charge in [0.05, 0.1) is 0 Å². The van der Waals surface area contributed by atoms with Crippen LogP contribution in [0.15, 0.2) is 41.6 Å². The molecule has 2 aliphatic rings. The average Bonchev–Trinajstić information content (AvgIpc) is 2.55. The Hall–Kier alpha value is -2.48. The summed E-state index contributed by atoms with van der Waals surface area (Å²) in [4.78, 5) is 42.8. The Morgan fingerprint density at radius 3 is 2.58 bits per heavy atom. The Kier molecular flexibility index (Phi) is 4.23. The van der Waals surface area contributed by atoms with E-state index in [2.05, 4.69) is 0 Å². The molecular weight excluding hydrogens is 332 g/mol. The zero-order valence-corrected chi connectivity index (χ0v) is 13.9. The number of fused-ring (bicyclic) bond motifs is 1. The zero-order valence-electron chi connectivity index (χ0n) is 13.1. The van der Waals surface area contributed by atoms with Gasteiger partial charge < -0.3 is 9.94 Å². The molecule has 3 rings (SSSR count). The van der Waals surface area contributed by atoms with Gasteiger partial charge in [-0.25, -0.2) is 4.79 Å². The van der Waals surface area contributed by atoms with Crippen molar-refractivity contribution in [2.75, 3.05) is 5.75 Å². The fraction of sp³-hybridized carbons (Fsp3) is 0.312. The smallest absolute Gasteiger partial charge is 0.352 e. The van der Waals surface area contributed by atoms with E-state index in [1.165, 1.54) is 23.6 Å². The third-order valence-electron chi connectivity index (χ3n) is 3.84. The van der Waals surface area contributed by atoms with Gasteiger partial charge in [-0.1, -0.05) is 18.2 Å². The van der Waals surface area contributed by atoms with E-state index in [0.29, 0.717) is 17.1 Å². The summed E-state index contributed by atoms with van der Waals surface area (Å²) in [5, 5.41) is 9.92. The van der Waals surface area contributed by atoms with Gasteiger partial charge >= 0.3 is 5.97 Å². The van der Waals surface area contributed by atoms with E-state index in [1.807, 2.05) is 6.07 Å². The number of benzene rings is 1. The molecule has 7 nitrogen and oxygen atoms in total. The zero-order chi connectivity index (χ0) is 17.4. The van der Waals surface area contributed by atoms with Gasteiger partial charge in [-0.05, 0) is 24.6 Å². The molecule has 0 spiro atoms. The first-order chi connectivity index (χ1) is 11.4. The molecule has 1 N–H and O–H groups in total. The minimum Gasteiger partial charge on any atom is -0.477 e. The maximum Gasteiger partial charge on any atom is 0.352 e.